The van der Waals surface area contributed by atoms with Gasteiger partial charge in [0.25, 0.3) is 0 Å². The van der Waals surface area contributed by atoms with Crippen LogP contribution in [0.2, 0.25) is 0 Å². The molecule has 3 rings (SSSR count). The third-order valence-corrected chi connectivity index (χ3v) is 5.22. The molecule has 1 amide bonds. The number of H-pyrrole nitrogens is 1. The van der Waals surface area contributed by atoms with Crippen LogP contribution in [-0.2, 0) is 4.79 Å². The van der Waals surface area contributed by atoms with Gasteiger partial charge in [0.1, 0.15) is 0 Å². The minimum atomic E-state index is -0.259. The highest BCUT2D eigenvalue weighted by Crippen LogP contribution is 2.27. The summed E-state index contributed by atoms with van der Waals surface area (Å²) in [5, 5.41) is 3.54. The predicted molar refractivity (Wildman–Crippen MR) is 109 cm³/mol. The number of nitrogens with one attached hydrogen (secondary N) is 2. The number of hydrogen-bond acceptors (Lipinski definition) is 3. The van der Waals surface area contributed by atoms with Gasteiger partial charge in [-0.25, -0.2) is 4.98 Å². The Morgan fingerprint density at radius 1 is 1.12 bits per heavy atom. The zero-order valence-corrected chi connectivity index (χ0v) is 16.3. The molecule has 0 saturated heterocycles. The molecule has 2 aromatic carbocycles. The molecular weight excluding hydrogens is 342 g/mol. The van der Waals surface area contributed by atoms with E-state index < -0.39 is 0 Å². The SMILES string of the molecule is Cc1cc(C)c(NC(=O)[C@@H](C)Sc2ncc(-c3ccccc3)[nH]2)c(C)c1. The van der Waals surface area contributed by atoms with Gasteiger partial charge in [-0.15, -0.1) is 0 Å². The monoisotopic (exact) mass is 365 g/mol. The van der Waals surface area contributed by atoms with Crippen LogP contribution in [0, 0.1) is 20.8 Å². The molecule has 0 radical (unpaired) electrons. The van der Waals surface area contributed by atoms with E-state index in [1.54, 1.807) is 6.20 Å². The van der Waals surface area contributed by atoms with E-state index in [0.717, 1.165) is 33.2 Å². The molecule has 4 nitrogen and oxygen atoms in total. The second-order valence-electron chi connectivity index (χ2n) is 6.49. The summed E-state index contributed by atoms with van der Waals surface area (Å²) in [5.74, 6) is -0.0253. The summed E-state index contributed by atoms with van der Waals surface area (Å²) in [6, 6.07) is 14.2. The van der Waals surface area contributed by atoms with Crippen molar-refractivity contribution in [2.24, 2.45) is 0 Å². The molecule has 0 unspecified atom stereocenters. The summed E-state index contributed by atoms with van der Waals surface area (Å²) in [7, 11) is 0. The number of nitrogens with zero attached hydrogens (tertiary/aromatic N) is 1. The van der Waals surface area contributed by atoms with Gasteiger partial charge in [-0.05, 0) is 44.4 Å². The summed E-state index contributed by atoms with van der Waals surface area (Å²) in [6.45, 7) is 7.99. The van der Waals surface area contributed by atoms with Crippen LogP contribution in [-0.4, -0.2) is 21.1 Å². The number of benzene rings is 2. The highest BCUT2D eigenvalue weighted by molar-refractivity contribution is 8.00. The maximum absolute atomic E-state index is 12.6. The van der Waals surface area contributed by atoms with Crippen LogP contribution in [0.4, 0.5) is 5.69 Å². The van der Waals surface area contributed by atoms with E-state index in [9.17, 15) is 4.79 Å². The largest absolute Gasteiger partial charge is 0.333 e. The lowest BCUT2D eigenvalue weighted by Crippen LogP contribution is -2.23. The second-order valence-corrected chi connectivity index (χ2v) is 7.82. The first kappa shape index (κ1) is 18.3. The number of carbonyl (C=O) groups excluding carboxylic acids is 1. The fourth-order valence-electron chi connectivity index (χ4n) is 2.95. The van der Waals surface area contributed by atoms with E-state index >= 15 is 0 Å². The van der Waals surface area contributed by atoms with Crippen molar-refractivity contribution in [3.63, 3.8) is 0 Å². The van der Waals surface area contributed by atoms with Crippen molar-refractivity contribution in [3.8, 4) is 11.3 Å². The topological polar surface area (TPSA) is 57.8 Å². The molecule has 0 aliphatic rings. The third-order valence-electron chi connectivity index (χ3n) is 4.22. The molecule has 2 N–H and O–H groups in total. The molecule has 134 valence electrons. The van der Waals surface area contributed by atoms with Gasteiger partial charge in [-0.3, -0.25) is 4.79 Å². The fraction of sp³-hybridized carbons (Fsp3) is 0.238. The van der Waals surface area contributed by atoms with Crippen LogP contribution in [0.15, 0.2) is 53.8 Å². The van der Waals surface area contributed by atoms with Gasteiger partial charge >= 0.3 is 0 Å². The highest BCUT2D eigenvalue weighted by atomic mass is 32.2. The number of aromatic amines is 1. The van der Waals surface area contributed by atoms with E-state index in [0.29, 0.717) is 0 Å². The second kappa shape index (κ2) is 7.79. The molecule has 0 bridgehead atoms. The summed E-state index contributed by atoms with van der Waals surface area (Å²) in [5.41, 5.74) is 6.29. The zero-order chi connectivity index (χ0) is 18.7. The lowest BCUT2D eigenvalue weighted by atomic mass is 10.1. The van der Waals surface area contributed by atoms with Crippen molar-refractivity contribution in [1.29, 1.82) is 0 Å². The number of thioether (sulfide) groups is 1. The first-order chi connectivity index (χ1) is 12.4. The van der Waals surface area contributed by atoms with E-state index in [-0.39, 0.29) is 11.2 Å². The number of anilines is 1. The Morgan fingerprint density at radius 2 is 1.77 bits per heavy atom. The summed E-state index contributed by atoms with van der Waals surface area (Å²) >= 11 is 1.42. The van der Waals surface area contributed by atoms with E-state index in [4.69, 9.17) is 0 Å². The molecule has 1 atom stereocenters. The Balaban J connectivity index is 1.68. The average Bonchev–Trinajstić information content (AvgIpc) is 3.07. The summed E-state index contributed by atoms with van der Waals surface area (Å²) < 4.78 is 0. The van der Waals surface area contributed by atoms with Gasteiger partial charge in [0.05, 0.1) is 17.1 Å². The van der Waals surface area contributed by atoms with Gasteiger partial charge in [0.2, 0.25) is 5.91 Å². The minimum Gasteiger partial charge on any atom is -0.333 e. The van der Waals surface area contributed by atoms with Gasteiger partial charge < -0.3 is 10.3 Å². The fourth-order valence-corrected chi connectivity index (χ4v) is 3.73. The summed E-state index contributed by atoms with van der Waals surface area (Å²) in [4.78, 5) is 20.3. The van der Waals surface area contributed by atoms with Gasteiger partial charge in [0.15, 0.2) is 5.16 Å². The number of imidazole rings is 1. The van der Waals surface area contributed by atoms with Crippen LogP contribution >= 0.6 is 11.8 Å². The maximum atomic E-state index is 12.6. The van der Waals surface area contributed by atoms with Crippen molar-refractivity contribution >= 4 is 23.4 Å². The van der Waals surface area contributed by atoms with Gasteiger partial charge in [-0.2, -0.15) is 0 Å². The van der Waals surface area contributed by atoms with E-state index in [1.807, 2.05) is 51.1 Å². The van der Waals surface area contributed by atoms with Crippen molar-refractivity contribution in [3.05, 3.63) is 65.4 Å². The molecule has 0 aliphatic carbocycles. The van der Waals surface area contributed by atoms with Gasteiger partial charge in [0, 0.05) is 5.69 Å². The summed E-state index contributed by atoms with van der Waals surface area (Å²) in [6.07, 6.45) is 1.80. The van der Waals surface area contributed by atoms with E-state index in [2.05, 4.69) is 34.3 Å². The van der Waals surface area contributed by atoms with Crippen LogP contribution in [0.3, 0.4) is 0 Å². The molecular formula is C21H23N3OS. The van der Waals surface area contributed by atoms with Crippen LogP contribution in [0.1, 0.15) is 23.6 Å². The normalized spacial score (nSPS) is 12.0. The molecule has 1 heterocycles. The predicted octanol–water partition coefficient (Wildman–Crippen LogP) is 5.12. The molecule has 3 aromatic rings. The molecule has 1 aromatic heterocycles. The van der Waals surface area contributed by atoms with Crippen LogP contribution < -0.4 is 5.32 Å². The molecule has 0 fully saturated rings. The first-order valence-electron chi connectivity index (χ1n) is 8.60. The number of aromatic nitrogens is 2. The molecule has 0 saturated carbocycles. The molecule has 26 heavy (non-hydrogen) atoms. The molecule has 0 spiro atoms. The van der Waals surface area contributed by atoms with Crippen molar-refractivity contribution in [2.45, 2.75) is 38.1 Å². The lowest BCUT2D eigenvalue weighted by Gasteiger charge is -2.15. The maximum Gasteiger partial charge on any atom is 0.237 e. The van der Waals surface area contributed by atoms with Crippen molar-refractivity contribution in [2.75, 3.05) is 5.32 Å². The third kappa shape index (κ3) is 4.17. The van der Waals surface area contributed by atoms with Crippen LogP contribution in [0.5, 0.6) is 0 Å². The number of rotatable bonds is 5. The van der Waals surface area contributed by atoms with Crippen LogP contribution in [0.25, 0.3) is 11.3 Å². The minimum absolute atomic E-state index is 0.0253. The molecule has 0 aliphatic heterocycles. The van der Waals surface area contributed by atoms with Crippen molar-refractivity contribution < 1.29 is 4.79 Å². The molecule has 5 heteroatoms. The Morgan fingerprint density at radius 3 is 2.42 bits per heavy atom. The van der Waals surface area contributed by atoms with Crippen molar-refractivity contribution in [1.82, 2.24) is 9.97 Å². The number of amides is 1. The number of carbonyl (C=O) groups is 1. The zero-order valence-electron chi connectivity index (χ0n) is 15.5. The number of hydrogen-bond donors (Lipinski definition) is 2. The highest BCUT2D eigenvalue weighted by Gasteiger charge is 2.18. The Hall–Kier alpha value is -2.53. The van der Waals surface area contributed by atoms with E-state index in [1.165, 1.54) is 17.3 Å². The smallest absolute Gasteiger partial charge is 0.237 e. The standard InChI is InChI=1S/C21H23N3OS/c1-13-10-14(2)19(15(3)11-13)24-20(25)16(4)26-21-22-12-18(23-21)17-8-6-5-7-9-17/h5-12,16H,1-4H3,(H,22,23)(H,24,25)/t16-/m1/s1. The quantitative estimate of drug-likeness (QED) is 0.617. The van der Waals surface area contributed by atoms with Gasteiger partial charge in [-0.1, -0.05) is 59.8 Å². The lowest BCUT2D eigenvalue weighted by molar-refractivity contribution is -0.115. The Labute approximate surface area is 158 Å². The first-order valence-corrected chi connectivity index (χ1v) is 9.48. The number of aryl methyl sites for hydroxylation is 3. The average molecular weight is 366 g/mol. The Bertz CT molecular complexity index is 895. The Kier molecular flexibility index (Phi) is 5.47.